The highest BCUT2D eigenvalue weighted by molar-refractivity contribution is 6.32. The van der Waals surface area contributed by atoms with E-state index in [9.17, 15) is 14.4 Å². The summed E-state index contributed by atoms with van der Waals surface area (Å²) in [5, 5.41) is 13.6. The third-order valence-electron chi connectivity index (χ3n) is 2.36. The molecule has 0 aliphatic carbocycles. The molecule has 3 N–H and O–H groups in total. The first-order chi connectivity index (χ1) is 9.43. The van der Waals surface area contributed by atoms with E-state index in [4.69, 9.17) is 16.7 Å². The Kier molecular flexibility index (Phi) is 5.74. The van der Waals surface area contributed by atoms with E-state index in [2.05, 4.69) is 10.6 Å². The quantitative estimate of drug-likeness (QED) is 0.704. The van der Waals surface area contributed by atoms with Gasteiger partial charge in [-0.1, -0.05) is 17.7 Å². The summed E-state index contributed by atoms with van der Waals surface area (Å²) in [6, 6.07) is 4.42. The lowest BCUT2D eigenvalue weighted by atomic mass is 10.1. The van der Waals surface area contributed by atoms with Gasteiger partial charge in [0.15, 0.2) is 0 Å². The summed E-state index contributed by atoms with van der Waals surface area (Å²) in [4.78, 5) is 33.1. The fourth-order valence-electron chi connectivity index (χ4n) is 1.32. The van der Waals surface area contributed by atoms with Gasteiger partial charge in [-0.25, -0.2) is 4.79 Å². The fraction of sp³-hybridized carbons (Fsp3) is 0.154. The van der Waals surface area contributed by atoms with Gasteiger partial charge in [-0.05, 0) is 23.8 Å². The van der Waals surface area contributed by atoms with Gasteiger partial charge in [0.2, 0.25) is 5.91 Å². The van der Waals surface area contributed by atoms with Crippen LogP contribution >= 0.6 is 11.6 Å². The second-order valence-electron chi connectivity index (χ2n) is 3.76. The van der Waals surface area contributed by atoms with E-state index < -0.39 is 11.9 Å². The molecule has 0 heterocycles. The molecule has 0 atom stereocenters. The van der Waals surface area contributed by atoms with Crippen molar-refractivity contribution in [3.05, 3.63) is 40.4 Å². The summed E-state index contributed by atoms with van der Waals surface area (Å²) in [5.74, 6) is -1.84. The first kappa shape index (κ1) is 15.7. The van der Waals surface area contributed by atoms with Crippen LogP contribution in [0, 0.1) is 0 Å². The Balaban J connectivity index is 2.78. The van der Waals surface area contributed by atoms with E-state index in [1.807, 2.05) is 0 Å². The SMILES string of the molecule is CNC(=O)CNC(=O)c1ccc(/C=C/C(=O)O)c(Cl)c1. The first-order valence-corrected chi connectivity index (χ1v) is 6.01. The smallest absolute Gasteiger partial charge is 0.328 e. The lowest BCUT2D eigenvalue weighted by Crippen LogP contribution is -2.35. The molecule has 0 aliphatic heterocycles. The monoisotopic (exact) mass is 296 g/mol. The second-order valence-corrected chi connectivity index (χ2v) is 4.17. The molecular weight excluding hydrogens is 284 g/mol. The molecule has 106 valence electrons. The lowest BCUT2D eigenvalue weighted by molar-refractivity contribution is -0.131. The number of carbonyl (C=O) groups excluding carboxylic acids is 2. The largest absolute Gasteiger partial charge is 0.478 e. The molecule has 1 aromatic carbocycles. The van der Waals surface area contributed by atoms with Crippen molar-refractivity contribution in [2.24, 2.45) is 0 Å². The van der Waals surface area contributed by atoms with E-state index in [1.54, 1.807) is 0 Å². The van der Waals surface area contributed by atoms with Crippen molar-refractivity contribution in [3.8, 4) is 0 Å². The van der Waals surface area contributed by atoms with Crippen molar-refractivity contribution >= 4 is 35.5 Å². The van der Waals surface area contributed by atoms with Crippen molar-refractivity contribution in [3.63, 3.8) is 0 Å². The van der Waals surface area contributed by atoms with E-state index in [1.165, 1.54) is 31.3 Å². The number of hydrogen-bond acceptors (Lipinski definition) is 3. The van der Waals surface area contributed by atoms with Crippen molar-refractivity contribution in [2.75, 3.05) is 13.6 Å². The first-order valence-electron chi connectivity index (χ1n) is 5.63. The summed E-state index contributed by atoms with van der Waals surface area (Å²) in [6.07, 6.45) is 2.28. The summed E-state index contributed by atoms with van der Waals surface area (Å²) in [6.45, 7) is -0.131. The maximum absolute atomic E-state index is 11.7. The summed E-state index contributed by atoms with van der Waals surface area (Å²) < 4.78 is 0. The summed E-state index contributed by atoms with van der Waals surface area (Å²) in [5.41, 5.74) is 0.767. The number of benzene rings is 1. The van der Waals surface area contributed by atoms with Crippen LogP contribution in [0.15, 0.2) is 24.3 Å². The highest BCUT2D eigenvalue weighted by atomic mass is 35.5. The van der Waals surface area contributed by atoms with Gasteiger partial charge in [-0.15, -0.1) is 0 Å². The fourth-order valence-corrected chi connectivity index (χ4v) is 1.56. The molecule has 0 spiro atoms. The Morgan fingerprint density at radius 1 is 1.35 bits per heavy atom. The zero-order valence-corrected chi connectivity index (χ0v) is 11.4. The molecule has 2 amide bonds. The van der Waals surface area contributed by atoms with Crippen LogP contribution in [-0.4, -0.2) is 36.5 Å². The Hall–Kier alpha value is -2.34. The van der Waals surface area contributed by atoms with Crippen LogP contribution in [-0.2, 0) is 9.59 Å². The standard InChI is InChI=1S/C13H13ClN2O4/c1-15-11(17)7-16-13(20)9-3-2-8(10(14)6-9)4-5-12(18)19/h2-6H,7H2,1H3,(H,15,17)(H,16,20)(H,18,19)/b5-4+. The van der Waals surface area contributed by atoms with Crippen LogP contribution in [0.5, 0.6) is 0 Å². The van der Waals surface area contributed by atoms with Crippen LogP contribution in [0.2, 0.25) is 5.02 Å². The molecule has 1 rings (SSSR count). The number of aliphatic carboxylic acids is 1. The molecule has 1 aromatic rings. The molecular formula is C13H13ClN2O4. The van der Waals surface area contributed by atoms with Crippen molar-refractivity contribution in [1.82, 2.24) is 10.6 Å². The number of hydrogen-bond donors (Lipinski definition) is 3. The third kappa shape index (κ3) is 4.74. The number of carbonyl (C=O) groups is 3. The molecule has 0 unspecified atom stereocenters. The molecule has 0 fully saturated rings. The lowest BCUT2D eigenvalue weighted by Gasteiger charge is -2.06. The second kappa shape index (κ2) is 7.30. The van der Waals surface area contributed by atoms with E-state index in [0.717, 1.165) is 6.08 Å². The van der Waals surface area contributed by atoms with Gasteiger partial charge in [-0.3, -0.25) is 9.59 Å². The van der Waals surface area contributed by atoms with Gasteiger partial charge in [0.05, 0.1) is 6.54 Å². The average Bonchev–Trinajstić information content (AvgIpc) is 2.42. The molecule has 6 nitrogen and oxygen atoms in total. The molecule has 0 bridgehead atoms. The van der Waals surface area contributed by atoms with Gasteiger partial charge in [0.1, 0.15) is 0 Å². The summed E-state index contributed by atoms with van der Waals surface area (Å²) in [7, 11) is 1.47. The molecule has 0 saturated carbocycles. The number of carboxylic acid groups (broad SMARTS) is 1. The Morgan fingerprint density at radius 2 is 2.05 bits per heavy atom. The minimum Gasteiger partial charge on any atom is -0.478 e. The van der Waals surface area contributed by atoms with Crippen LogP contribution in [0.25, 0.3) is 6.08 Å². The Bertz CT molecular complexity index is 569. The Morgan fingerprint density at radius 3 is 2.60 bits per heavy atom. The minimum absolute atomic E-state index is 0.131. The maximum Gasteiger partial charge on any atom is 0.328 e. The topological polar surface area (TPSA) is 95.5 Å². The molecule has 0 saturated heterocycles. The van der Waals surface area contributed by atoms with E-state index in [0.29, 0.717) is 5.56 Å². The van der Waals surface area contributed by atoms with Crippen LogP contribution in [0.1, 0.15) is 15.9 Å². The van der Waals surface area contributed by atoms with Gasteiger partial charge in [-0.2, -0.15) is 0 Å². The zero-order chi connectivity index (χ0) is 15.1. The average molecular weight is 297 g/mol. The predicted octanol–water partition coefficient (Wildman–Crippen LogP) is 0.914. The maximum atomic E-state index is 11.7. The van der Waals surface area contributed by atoms with Crippen LogP contribution < -0.4 is 10.6 Å². The molecule has 7 heteroatoms. The third-order valence-corrected chi connectivity index (χ3v) is 2.68. The minimum atomic E-state index is -1.09. The number of carboxylic acids is 1. The molecule has 20 heavy (non-hydrogen) atoms. The van der Waals surface area contributed by atoms with Gasteiger partial charge in [0, 0.05) is 23.7 Å². The van der Waals surface area contributed by atoms with E-state index >= 15 is 0 Å². The van der Waals surface area contributed by atoms with Crippen molar-refractivity contribution in [1.29, 1.82) is 0 Å². The van der Waals surface area contributed by atoms with Crippen LogP contribution in [0.4, 0.5) is 0 Å². The number of halogens is 1. The zero-order valence-electron chi connectivity index (χ0n) is 10.6. The number of amides is 2. The predicted molar refractivity (Wildman–Crippen MR) is 74.5 cm³/mol. The highest BCUT2D eigenvalue weighted by Crippen LogP contribution is 2.19. The molecule has 0 aromatic heterocycles. The van der Waals surface area contributed by atoms with Crippen LogP contribution in [0.3, 0.4) is 0 Å². The number of nitrogens with one attached hydrogen (secondary N) is 2. The highest BCUT2D eigenvalue weighted by Gasteiger charge is 2.09. The Labute approximate surface area is 120 Å². The van der Waals surface area contributed by atoms with E-state index in [-0.39, 0.29) is 23.0 Å². The number of rotatable bonds is 5. The van der Waals surface area contributed by atoms with Crippen molar-refractivity contribution < 1.29 is 19.5 Å². The van der Waals surface area contributed by atoms with Gasteiger partial charge in [0.25, 0.3) is 5.91 Å². The van der Waals surface area contributed by atoms with Gasteiger partial charge < -0.3 is 15.7 Å². The molecule has 0 aliphatic rings. The van der Waals surface area contributed by atoms with Gasteiger partial charge >= 0.3 is 5.97 Å². The number of likely N-dealkylation sites (N-methyl/N-ethyl adjacent to an activating group) is 1. The summed E-state index contributed by atoms with van der Waals surface area (Å²) >= 11 is 5.94. The molecule has 0 radical (unpaired) electrons. The normalized spacial score (nSPS) is 10.3. The van der Waals surface area contributed by atoms with Crippen molar-refractivity contribution in [2.45, 2.75) is 0 Å².